The maximum Gasteiger partial charge on any atom is 0.0402 e. The molecule has 0 radical (unpaired) electrons. The van der Waals surface area contributed by atoms with E-state index in [0.29, 0.717) is 6.04 Å². The molecule has 0 unspecified atom stereocenters. The fourth-order valence-corrected chi connectivity index (χ4v) is 3.06. The second kappa shape index (κ2) is 7.49. The van der Waals surface area contributed by atoms with Gasteiger partial charge in [-0.15, -0.1) is 0 Å². The van der Waals surface area contributed by atoms with Crippen LogP contribution in [0.5, 0.6) is 0 Å². The van der Waals surface area contributed by atoms with Gasteiger partial charge >= 0.3 is 0 Å². The molecular weight excluding hydrogens is 234 g/mol. The normalized spacial score (nSPS) is 17.2. The van der Waals surface area contributed by atoms with Crippen molar-refractivity contribution >= 4 is 5.69 Å². The van der Waals surface area contributed by atoms with Gasteiger partial charge in [-0.1, -0.05) is 25.7 Å². The van der Waals surface area contributed by atoms with E-state index in [1.807, 2.05) is 6.20 Å². The Hall–Kier alpha value is -1.09. The fourth-order valence-electron chi connectivity index (χ4n) is 3.06. The zero-order chi connectivity index (χ0) is 13.5. The van der Waals surface area contributed by atoms with Gasteiger partial charge in [0.25, 0.3) is 0 Å². The summed E-state index contributed by atoms with van der Waals surface area (Å²) in [7, 11) is 0. The summed E-state index contributed by atoms with van der Waals surface area (Å²) in [5.74, 6) is 0. The number of aryl methyl sites for hydroxylation is 1. The highest BCUT2D eigenvalue weighted by Gasteiger charge is 2.20. The number of nitrogens with zero attached hydrogens (tertiary/aromatic N) is 2. The van der Waals surface area contributed by atoms with Crippen molar-refractivity contribution in [3.05, 3.63) is 24.0 Å². The number of hydrogen-bond acceptors (Lipinski definition) is 3. The lowest BCUT2D eigenvalue weighted by molar-refractivity contribution is 0.519. The molecule has 1 heterocycles. The number of pyridine rings is 1. The largest absolute Gasteiger partial charge is 0.368 e. The van der Waals surface area contributed by atoms with Crippen LogP contribution in [0.15, 0.2) is 18.3 Å². The third kappa shape index (κ3) is 4.20. The molecule has 0 saturated heterocycles. The number of nitrogens with two attached hydrogens (primary N) is 1. The Morgan fingerprint density at radius 1 is 1.26 bits per heavy atom. The molecule has 1 saturated carbocycles. The molecule has 0 bridgehead atoms. The van der Waals surface area contributed by atoms with E-state index in [0.717, 1.165) is 25.2 Å². The van der Waals surface area contributed by atoms with Gasteiger partial charge in [-0.3, -0.25) is 4.98 Å². The second-order valence-corrected chi connectivity index (χ2v) is 5.64. The maximum absolute atomic E-state index is 5.71. The van der Waals surface area contributed by atoms with Crippen LogP contribution in [0, 0.1) is 6.92 Å². The lowest BCUT2D eigenvalue weighted by atomic mass is 10.1. The Morgan fingerprint density at radius 2 is 2.00 bits per heavy atom. The number of anilines is 1. The summed E-state index contributed by atoms with van der Waals surface area (Å²) in [6.07, 6.45) is 11.2. The van der Waals surface area contributed by atoms with Crippen molar-refractivity contribution < 1.29 is 0 Å². The van der Waals surface area contributed by atoms with Gasteiger partial charge in [-0.25, -0.2) is 0 Å². The van der Waals surface area contributed by atoms with Crippen LogP contribution in [-0.2, 0) is 0 Å². The van der Waals surface area contributed by atoms with E-state index < -0.39 is 0 Å². The molecule has 0 atom stereocenters. The molecule has 2 N–H and O–H groups in total. The molecule has 1 aliphatic rings. The van der Waals surface area contributed by atoms with E-state index in [-0.39, 0.29) is 0 Å². The second-order valence-electron chi connectivity index (χ2n) is 5.64. The fraction of sp³-hybridized carbons (Fsp3) is 0.688. The summed E-state index contributed by atoms with van der Waals surface area (Å²) in [5.41, 5.74) is 8.13. The lowest BCUT2D eigenvalue weighted by Crippen LogP contribution is -2.36. The maximum atomic E-state index is 5.71. The summed E-state index contributed by atoms with van der Waals surface area (Å²) in [6, 6.07) is 5.05. The average molecular weight is 261 g/mol. The average Bonchev–Trinajstić information content (AvgIpc) is 2.68. The Balaban J connectivity index is 2.13. The third-order valence-corrected chi connectivity index (χ3v) is 4.08. The first kappa shape index (κ1) is 14.3. The van der Waals surface area contributed by atoms with Crippen LogP contribution in [0.25, 0.3) is 0 Å². The smallest absolute Gasteiger partial charge is 0.0402 e. The molecule has 1 aliphatic carbocycles. The highest BCUT2D eigenvalue weighted by Crippen LogP contribution is 2.27. The quantitative estimate of drug-likeness (QED) is 0.827. The number of aromatic nitrogens is 1. The Kier molecular flexibility index (Phi) is 5.64. The molecule has 2 rings (SSSR count). The SMILES string of the molecule is Cc1cc(N(CCCN)C2CCCCCC2)ccn1. The Bertz CT molecular complexity index is 370. The monoisotopic (exact) mass is 261 g/mol. The molecule has 1 aromatic rings. The summed E-state index contributed by atoms with van der Waals surface area (Å²) >= 11 is 0. The van der Waals surface area contributed by atoms with Gasteiger partial charge in [0.2, 0.25) is 0 Å². The zero-order valence-electron chi connectivity index (χ0n) is 12.1. The highest BCUT2D eigenvalue weighted by atomic mass is 15.2. The van der Waals surface area contributed by atoms with Crippen LogP contribution in [0.1, 0.15) is 50.6 Å². The van der Waals surface area contributed by atoms with Gasteiger partial charge in [0, 0.05) is 30.2 Å². The lowest BCUT2D eigenvalue weighted by Gasteiger charge is -2.33. The summed E-state index contributed by atoms with van der Waals surface area (Å²) in [5, 5.41) is 0. The van der Waals surface area contributed by atoms with E-state index in [4.69, 9.17) is 5.73 Å². The van der Waals surface area contributed by atoms with Crippen LogP contribution in [-0.4, -0.2) is 24.1 Å². The van der Waals surface area contributed by atoms with Crippen LogP contribution in [0.2, 0.25) is 0 Å². The van der Waals surface area contributed by atoms with Crippen molar-refractivity contribution in [2.75, 3.05) is 18.0 Å². The molecule has 0 spiro atoms. The molecular formula is C16H27N3. The predicted octanol–water partition coefficient (Wildman–Crippen LogP) is 3.27. The van der Waals surface area contributed by atoms with Crippen LogP contribution >= 0.6 is 0 Å². The van der Waals surface area contributed by atoms with Crippen molar-refractivity contribution in [2.45, 2.75) is 57.9 Å². The van der Waals surface area contributed by atoms with Gasteiger partial charge in [0.1, 0.15) is 0 Å². The Labute approximate surface area is 117 Å². The van der Waals surface area contributed by atoms with E-state index in [1.165, 1.54) is 44.2 Å². The first-order chi connectivity index (χ1) is 9.31. The molecule has 106 valence electrons. The first-order valence-electron chi connectivity index (χ1n) is 7.70. The number of rotatable bonds is 5. The standard InChI is InChI=1S/C16H27N3/c1-14-13-16(9-11-18-14)19(12-6-10-17)15-7-4-2-3-5-8-15/h9,11,13,15H,2-8,10,12,17H2,1H3. The topological polar surface area (TPSA) is 42.1 Å². The van der Waals surface area contributed by atoms with E-state index in [2.05, 4.69) is 28.9 Å². The first-order valence-corrected chi connectivity index (χ1v) is 7.70. The molecule has 3 heteroatoms. The van der Waals surface area contributed by atoms with Crippen LogP contribution in [0.4, 0.5) is 5.69 Å². The third-order valence-electron chi connectivity index (χ3n) is 4.08. The minimum atomic E-state index is 0.691. The van der Waals surface area contributed by atoms with Gasteiger partial charge in [-0.2, -0.15) is 0 Å². The minimum absolute atomic E-state index is 0.691. The molecule has 19 heavy (non-hydrogen) atoms. The van der Waals surface area contributed by atoms with E-state index in [9.17, 15) is 0 Å². The molecule has 0 amide bonds. The van der Waals surface area contributed by atoms with Crippen molar-refractivity contribution in [3.63, 3.8) is 0 Å². The van der Waals surface area contributed by atoms with Crippen molar-refractivity contribution in [3.8, 4) is 0 Å². The van der Waals surface area contributed by atoms with Crippen molar-refractivity contribution in [1.82, 2.24) is 4.98 Å². The van der Waals surface area contributed by atoms with E-state index in [1.54, 1.807) is 0 Å². The van der Waals surface area contributed by atoms with Gasteiger partial charge in [-0.05, 0) is 44.9 Å². The molecule has 3 nitrogen and oxygen atoms in total. The van der Waals surface area contributed by atoms with Gasteiger partial charge in [0.05, 0.1) is 0 Å². The minimum Gasteiger partial charge on any atom is -0.368 e. The van der Waals surface area contributed by atoms with Crippen LogP contribution in [0.3, 0.4) is 0 Å². The van der Waals surface area contributed by atoms with Gasteiger partial charge < -0.3 is 10.6 Å². The Morgan fingerprint density at radius 3 is 2.63 bits per heavy atom. The van der Waals surface area contributed by atoms with Gasteiger partial charge in [0.15, 0.2) is 0 Å². The van der Waals surface area contributed by atoms with Crippen molar-refractivity contribution in [2.24, 2.45) is 5.73 Å². The zero-order valence-corrected chi connectivity index (χ0v) is 12.1. The summed E-state index contributed by atoms with van der Waals surface area (Å²) in [4.78, 5) is 6.89. The predicted molar refractivity (Wildman–Crippen MR) is 81.5 cm³/mol. The van der Waals surface area contributed by atoms with Crippen LogP contribution < -0.4 is 10.6 Å². The molecule has 1 fully saturated rings. The summed E-state index contributed by atoms with van der Waals surface area (Å²) in [6.45, 7) is 3.91. The van der Waals surface area contributed by atoms with E-state index >= 15 is 0 Å². The van der Waals surface area contributed by atoms with Crippen molar-refractivity contribution in [1.29, 1.82) is 0 Å². The molecule has 0 aromatic carbocycles. The molecule has 1 aromatic heterocycles. The highest BCUT2D eigenvalue weighted by molar-refractivity contribution is 5.47. The number of hydrogen-bond donors (Lipinski definition) is 1. The summed E-state index contributed by atoms with van der Waals surface area (Å²) < 4.78 is 0. The molecule has 0 aliphatic heterocycles.